The molecule has 0 fully saturated rings. The number of thioether (sulfide) groups is 1. The zero-order chi connectivity index (χ0) is 17.8. The van der Waals surface area contributed by atoms with Gasteiger partial charge in [0.1, 0.15) is 30.5 Å². The third-order valence-electron chi connectivity index (χ3n) is 3.39. The van der Waals surface area contributed by atoms with E-state index in [9.17, 15) is 13.6 Å². The lowest BCUT2D eigenvalue weighted by Gasteiger charge is -2.20. The monoisotopic (exact) mass is 385 g/mol. The Labute approximate surface area is 152 Å². The Morgan fingerprint density at radius 3 is 2.68 bits per heavy atom. The van der Waals surface area contributed by atoms with Crippen LogP contribution in [0.5, 0.6) is 11.5 Å². The molecule has 0 aliphatic carbocycles. The fourth-order valence-electron chi connectivity index (χ4n) is 2.30. The van der Waals surface area contributed by atoms with Gasteiger partial charge in [0, 0.05) is 5.75 Å². The molecule has 0 atom stereocenters. The van der Waals surface area contributed by atoms with Crippen LogP contribution in [-0.2, 0) is 10.5 Å². The number of anilines is 1. The van der Waals surface area contributed by atoms with Gasteiger partial charge in [-0.3, -0.25) is 4.79 Å². The maximum absolute atomic E-state index is 13.5. The number of hydrogen-bond donors (Lipinski definition) is 1. The molecule has 1 aliphatic heterocycles. The van der Waals surface area contributed by atoms with E-state index in [-0.39, 0.29) is 5.75 Å². The Bertz CT molecular complexity index is 783. The topological polar surface area (TPSA) is 47.6 Å². The molecule has 25 heavy (non-hydrogen) atoms. The first kappa shape index (κ1) is 17.8. The first-order chi connectivity index (χ1) is 12.0. The van der Waals surface area contributed by atoms with E-state index in [0.29, 0.717) is 35.5 Å². The number of carbonyl (C=O) groups is 1. The lowest BCUT2D eigenvalue weighted by Crippen LogP contribution is -2.16. The first-order valence-corrected chi connectivity index (χ1v) is 8.97. The normalized spacial score (nSPS) is 12.8. The van der Waals surface area contributed by atoms with Crippen molar-refractivity contribution in [1.82, 2.24) is 0 Å². The SMILES string of the molecule is O=C(CSCc1cc(Cl)c2c(c1)OCCO2)Nc1c(F)cccc1F. The van der Waals surface area contributed by atoms with E-state index in [2.05, 4.69) is 5.32 Å². The summed E-state index contributed by atoms with van der Waals surface area (Å²) in [5, 5.41) is 2.70. The first-order valence-electron chi connectivity index (χ1n) is 7.44. The van der Waals surface area contributed by atoms with Gasteiger partial charge >= 0.3 is 0 Å². The molecule has 0 radical (unpaired) electrons. The minimum atomic E-state index is -0.808. The number of hydrogen-bond acceptors (Lipinski definition) is 4. The van der Waals surface area contributed by atoms with E-state index in [1.54, 1.807) is 6.07 Å². The second-order valence-corrected chi connectivity index (χ2v) is 6.63. The molecular weight excluding hydrogens is 372 g/mol. The fourth-order valence-corrected chi connectivity index (χ4v) is 3.35. The molecule has 8 heteroatoms. The molecule has 132 valence electrons. The molecule has 0 saturated carbocycles. The number of para-hydroxylation sites is 1. The molecule has 3 rings (SSSR count). The van der Waals surface area contributed by atoms with Crippen LogP contribution in [0.3, 0.4) is 0 Å². The Morgan fingerprint density at radius 2 is 1.92 bits per heavy atom. The van der Waals surface area contributed by atoms with Crippen LogP contribution in [-0.4, -0.2) is 24.9 Å². The molecule has 0 unspecified atom stereocenters. The summed E-state index contributed by atoms with van der Waals surface area (Å²) in [6.07, 6.45) is 0. The number of amides is 1. The highest BCUT2D eigenvalue weighted by Gasteiger charge is 2.17. The van der Waals surface area contributed by atoms with Crippen molar-refractivity contribution < 1.29 is 23.0 Å². The Hall–Kier alpha value is -1.99. The average Bonchev–Trinajstić information content (AvgIpc) is 2.58. The largest absolute Gasteiger partial charge is 0.486 e. The second-order valence-electron chi connectivity index (χ2n) is 5.24. The molecule has 1 heterocycles. The molecule has 1 aliphatic rings. The van der Waals surface area contributed by atoms with E-state index < -0.39 is 23.2 Å². The minimum absolute atomic E-state index is 0.0415. The van der Waals surface area contributed by atoms with Crippen LogP contribution in [0.25, 0.3) is 0 Å². The Balaban J connectivity index is 1.56. The van der Waals surface area contributed by atoms with Gasteiger partial charge in [-0.05, 0) is 29.8 Å². The molecule has 4 nitrogen and oxygen atoms in total. The van der Waals surface area contributed by atoms with Crippen LogP contribution in [0, 0.1) is 11.6 Å². The summed E-state index contributed by atoms with van der Waals surface area (Å²) in [5.74, 6) is -0.475. The Kier molecular flexibility index (Phi) is 5.65. The highest BCUT2D eigenvalue weighted by Crippen LogP contribution is 2.39. The number of halogens is 3. The summed E-state index contributed by atoms with van der Waals surface area (Å²) in [7, 11) is 0. The van der Waals surface area contributed by atoms with Crippen molar-refractivity contribution >= 4 is 35.0 Å². The van der Waals surface area contributed by atoms with Crippen molar-refractivity contribution in [3.8, 4) is 11.5 Å². The van der Waals surface area contributed by atoms with E-state index in [0.717, 1.165) is 17.7 Å². The van der Waals surface area contributed by atoms with Gasteiger partial charge in [0.05, 0.1) is 10.8 Å². The quantitative estimate of drug-likeness (QED) is 0.835. The van der Waals surface area contributed by atoms with Crippen LogP contribution in [0.1, 0.15) is 5.56 Å². The summed E-state index contributed by atoms with van der Waals surface area (Å²) in [6.45, 7) is 0.907. The van der Waals surface area contributed by atoms with Crippen LogP contribution in [0.2, 0.25) is 5.02 Å². The smallest absolute Gasteiger partial charge is 0.234 e. The van der Waals surface area contributed by atoms with Crippen molar-refractivity contribution in [1.29, 1.82) is 0 Å². The Morgan fingerprint density at radius 1 is 1.20 bits per heavy atom. The standard InChI is InChI=1S/C17H14ClF2NO3S/c18-11-6-10(7-14-17(11)24-5-4-23-14)8-25-9-15(22)21-16-12(19)2-1-3-13(16)20/h1-3,6-7H,4-5,8-9H2,(H,21,22). The van der Waals surface area contributed by atoms with Gasteiger partial charge < -0.3 is 14.8 Å². The van der Waals surface area contributed by atoms with Crippen molar-refractivity contribution in [2.75, 3.05) is 24.3 Å². The number of rotatable bonds is 5. The van der Waals surface area contributed by atoms with Crippen LogP contribution >= 0.6 is 23.4 Å². The van der Waals surface area contributed by atoms with Gasteiger partial charge in [0.15, 0.2) is 11.5 Å². The lowest BCUT2D eigenvalue weighted by atomic mass is 10.2. The van der Waals surface area contributed by atoms with Gasteiger partial charge in [-0.1, -0.05) is 17.7 Å². The third-order valence-corrected chi connectivity index (χ3v) is 4.67. The molecule has 0 bridgehead atoms. The van der Waals surface area contributed by atoms with Crippen LogP contribution in [0.4, 0.5) is 14.5 Å². The lowest BCUT2D eigenvalue weighted by molar-refractivity contribution is -0.113. The molecule has 2 aromatic carbocycles. The molecule has 2 aromatic rings. The summed E-state index contributed by atoms with van der Waals surface area (Å²) in [4.78, 5) is 11.9. The minimum Gasteiger partial charge on any atom is -0.486 e. The molecule has 0 spiro atoms. The number of nitrogens with one attached hydrogen (secondary N) is 1. The average molecular weight is 386 g/mol. The summed E-state index contributed by atoms with van der Waals surface area (Å²) in [6, 6.07) is 6.96. The number of benzene rings is 2. The fraction of sp³-hybridized carbons (Fsp3) is 0.235. The zero-order valence-electron chi connectivity index (χ0n) is 13.0. The van der Waals surface area contributed by atoms with Crippen molar-refractivity contribution in [3.05, 3.63) is 52.6 Å². The van der Waals surface area contributed by atoms with Gasteiger partial charge in [-0.25, -0.2) is 8.78 Å². The highest BCUT2D eigenvalue weighted by molar-refractivity contribution is 7.99. The number of ether oxygens (including phenoxy) is 2. The second kappa shape index (κ2) is 7.93. The van der Waals surface area contributed by atoms with Crippen molar-refractivity contribution in [2.24, 2.45) is 0 Å². The van der Waals surface area contributed by atoms with E-state index in [4.69, 9.17) is 21.1 Å². The highest BCUT2D eigenvalue weighted by atomic mass is 35.5. The molecular formula is C17H14ClF2NO3S. The summed E-state index contributed by atoms with van der Waals surface area (Å²) >= 11 is 7.45. The molecule has 1 amide bonds. The number of carbonyl (C=O) groups excluding carboxylic acids is 1. The van der Waals surface area contributed by atoms with Crippen LogP contribution in [0.15, 0.2) is 30.3 Å². The van der Waals surface area contributed by atoms with Gasteiger partial charge in [-0.15, -0.1) is 11.8 Å². The predicted octanol–water partition coefficient (Wildman–Crippen LogP) is 4.26. The maximum atomic E-state index is 13.5. The zero-order valence-corrected chi connectivity index (χ0v) is 14.6. The predicted molar refractivity (Wildman–Crippen MR) is 93.6 cm³/mol. The molecule has 0 aromatic heterocycles. The molecule has 0 saturated heterocycles. The number of fused-ring (bicyclic) bond motifs is 1. The van der Waals surface area contributed by atoms with Gasteiger partial charge in [0.2, 0.25) is 5.91 Å². The maximum Gasteiger partial charge on any atom is 0.234 e. The van der Waals surface area contributed by atoms with Crippen molar-refractivity contribution in [2.45, 2.75) is 5.75 Å². The van der Waals surface area contributed by atoms with Crippen LogP contribution < -0.4 is 14.8 Å². The van der Waals surface area contributed by atoms with Gasteiger partial charge in [-0.2, -0.15) is 0 Å². The summed E-state index contributed by atoms with van der Waals surface area (Å²) < 4.78 is 37.9. The molecule has 1 N–H and O–H groups in total. The van der Waals surface area contributed by atoms with E-state index >= 15 is 0 Å². The summed E-state index contributed by atoms with van der Waals surface area (Å²) in [5.41, 5.74) is 0.430. The van der Waals surface area contributed by atoms with Crippen molar-refractivity contribution in [3.63, 3.8) is 0 Å². The van der Waals surface area contributed by atoms with E-state index in [1.807, 2.05) is 6.07 Å². The van der Waals surface area contributed by atoms with Gasteiger partial charge in [0.25, 0.3) is 0 Å². The van der Waals surface area contributed by atoms with E-state index in [1.165, 1.54) is 17.8 Å². The third kappa shape index (κ3) is 4.35.